The van der Waals surface area contributed by atoms with E-state index in [1.165, 1.54) is 7.11 Å². The summed E-state index contributed by atoms with van der Waals surface area (Å²) in [7, 11) is 1.19. The molecule has 0 bridgehead atoms. The molecule has 16 heteroatoms. The minimum absolute atomic E-state index is 0.0370. The van der Waals surface area contributed by atoms with Crippen molar-refractivity contribution in [3.05, 3.63) is 51.5 Å². The predicted octanol–water partition coefficient (Wildman–Crippen LogP) is 1.77. The maximum atomic E-state index is 15.0. The molecular weight excluding hydrogens is 499 g/mol. The second-order valence-corrected chi connectivity index (χ2v) is 7.21. The zero-order valence-electron chi connectivity index (χ0n) is 19.0. The molecule has 36 heavy (non-hydrogen) atoms. The number of methoxy groups -OCH3 is 1. The number of aromatic nitrogens is 6. The Morgan fingerprint density at radius 2 is 1.92 bits per heavy atom. The number of pyridine rings is 1. The summed E-state index contributed by atoms with van der Waals surface area (Å²) < 4.78 is 79.6. The summed E-state index contributed by atoms with van der Waals surface area (Å²) in [6, 6.07) is 0.210. The molecule has 3 heterocycles. The van der Waals surface area contributed by atoms with Crippen molar-refractivity contribution in [3.63, 3.8) is 0 Å². The number of alkyl halides is 3. The van der Waals surface area contributed by atoms with Gasteiger partial charge in [-0.1, -0.05) is 0 Å². The van der Waals surface area contributed by atoms with Crippen LogP contribution in [0.3, 0.4) is 0 Å². The highest BCUT2D eigenvalue weighted by atomic mass is 19.4. The molecule has 1 N–H and O–H groups in total. The van der Waals surface area contributed by atoms with E-state index in [9.17, 15) is 32.3 Å². The van der Waals surface area contributed by atoms with Gasteiger partial charge in [-0.3, -0.25) is 9.36 Å². The number of Topliss-reactive ketones (excluding diaryl/α,β-unsaturated/α-hetero) is 1. The van der Waals surface area contributed by atoms with Gasteiger partial charge in [-0.25, -0.2) is 18.6 Å². The first-order valence-corrected chi connectivity index (χ1v) is 10.2. The molecule has 0 fully saturated rings. The third-order valence-corrected chi connectivity index (χ3v) is 4.87. The van der Waals surface area contributed by atoms with Gasteiger partial charge in [-0.2, -0.15) is 27.8 Å². The Bertz CT molecular complexity index is 1340. The molecule has 0 unspecified atom stereocenters. The molecule has 0 saturated carbocycles. The Balaban J connectivity index is 2.14. The Morgan fingerprint density at radius 3 is 2.47 bits per heavy atom. The summed E-state index contributed by atoms with van der Waals surface area (Å²) in [6.45, 7) is 1.50. The van der Waals surface area contributed by atoms with E-state index in [2.05, 4.69) is 20.1 Å². The Morgan fingerprint density at radius 1 is 1.22 bits per heavy atom. The Kier molecular flexibility index (Phi) is 7.66. The molecule has 0 radical (unpaired) electrons. The van der Waals surface area contributed by atoms with Gasteiger partial charge in [-0.15, -0.1) is 5.10 Å². The van der Waals surface area contributed by atoms with E-state index in [-0.39, 0.29) is 18.4 Å². The topological polar surface area (TPSA) is 134 Å². The number of carbonyl (C=O) groups is 1. The van der Waals surface area contributed by atoms with Crippen LogP contribution in [0.15, 0.2) is 17.1 Å². The number of carbonyl (C=O) groups excluding carboxylic acids is 1. The van der Waals surface area contributed by atoms with Gasteiger partial charge < -0.3 is 14.6 Å². The van der Waals surface area contributed by atoms with Crippen molar-refractivity contribution >= 4 is 5.78 Å². The maximum absolute atomic E-state index is 15.0. The Hall–Kier alpha value is -3.95. The summed E-state index contributed by atoms with van der Waals surface area (Å²) >= 11 is 0. The standard InChI is InChI=1S/C20H19F5N6O5/c1-4-30-15(8-32)29-31(19(30)34)16-11(21)5-10(17(28-16)36-9(2)20(23,24)25)14(33)6-13-12(22)7-26-18(27-13)35-3/h5,7,9,32H,4,6,8H2,1-3H3/t9-/m0/s1. The molecule has 3 aromatic rings. The minimum Gasteiger partial charge on any atom is -0.467 e. The molecule has 0 aliphatic rings. The highest BCUT2D eigenvalue weighted by molar-refractivity contribution is 5.99. The smallest absolute Gasteiger partial charge is 0.425 e. The molecule has 1 atom stereocenters. The highest BCUT2D eigenvalue weighted by Gasteiger charge is 2.39. The van der Waals surface area contributed by atoms with Crippen molar-refractivity contribution in [2.75, 3.05) is 7.11 Å². The SMILES string of the molecule is CCn1c(CO)nn(-c2nc(O[C@@H](C)C(F)(F)F)c(C(=O)Cc3nc(OC)ncc3F)cc2F)c1=O. The number of aliphatic hydroxyl groups is 1. The van der Waals surface area contributed by atoms with Gasteiger partial charge in [0, 0.05) is 6.54 Å². The maximum Gasteiger partial charge on any atom is 0.425 e. The zero-order chi connectivity index (χ0) is 26.8. The van der Waals surface area contributed by atoms with Crippen LogP contribution in [-0.2, 0) is 19.6 Å². The first kappa shape index (κ1) is 26.7. The molecule has 0 saturated heterocycles. The number of rotatable bonds is 9. The Labute approximate surface area is 199 Å². The van der Waals surface area contributed by atoms with Crippen LogP contribution in [0.2, 0.25) is 0 Å². The van der Waals surface area contributed by atoms with Gasteiger partial charge in [0.1, 0.15) is 6.61 Å². The number of nitrogens with zero attached hydrogens (tertiary/aromatic N) is 6. The number of ether oxygens (including phenoxy) is 2. The van der Waals surface area contributed by atoms with Crippen molar-refractivity contribution in [2.45, 2.75) is 45.7 Å². The second kappa shape index (κ2) is 10.3. The lowest BCUT2D eigenvalue weighted by molar-refractivity contribution is -0.190. The molecule has 0 aliphatic carbocycles. The van der Waals surface area contributed by atoms with Gasteiger partial charge in [0.2, 0.25) is 5.88 Å². The van der Waals surface area contributed by atoms with Crippen LogP contribution in [0.4, 0.5) is 22.0 Å². The van der Waals surface area contributed by atoms with Crippen LogP contribution in [0.1, 0.15) is 35.7 Å². The lowest BCUT2D eigenvalue weighted by atomic mass is 10.1. The summed E-state index contributed by atoms with van der Waals surface area (Å²) in [5.41, 5.74) is -2.19. The fourth-order valence-electron chi connectivity index (χ4n) is 3.00. The van der Waals surface area contributed by atoms with Gasteiger partial charge >= 0.3 is 17.9 Å². The second-order valence-electron chi connectivity index (χ2n) is 7.21. The summed E-state index contributed by atoms with van der Waals surface area (Å²) in [4.78, 5) is 36.3. The van der Waals surface area contributed by atoms with Crippen molar-refractivity contribution in [1.29, 1.82) is 0 Å². The van der Waals surface area contributed by atoms with E-state index >= 15 is 4.39 Å². The van der Waals surface area contributed by atoms with Crippen molar-refractivity contribution in [2.24, 2.45) is 0 Å². The minimum atomic E-state index is -4.90. The molecule has 0 aliphatic heterocycles. The van der Waals surface area contributed by atoms with Crippen LogP contribution in [0.5, 0.6) is 11.9 Å². The largest absolute Gasteiger partial charge is 0.467 e. The van der Waals surface area contributed by atoms with E-state index in [0.717, 1.165) is 4.57 Å². The fraction of sp³-hybridized carbons (Fsp3) is 0.400. The molecule has 194 valence electrons. The molecule has 11 nitrogen and oxygen atoms in total. The normalized spacial score (nSPS) is 12.5. The lowest BCUT2D eigenvalue weighted by Crippen LogP contribution is -2.32. The van der Waals surface area contributed by atoms with E-state index in [1.807, 2.05) is 0 Å². The van der Waals surface area contributed by atoms with Gasteiger partial charge in [0.15, 0.2) is 35.2 Å². The summed E-state index contributed by atoms with van der Waals surface area (Å²) in [5, 5.41) is 13.1. The monoisotopic (exact) mass is 518 g/mol. The summed E-state index contributed by atoms with van der Waals surface area (Å²) in [5.74, 6) is -5.46. The lowest BCUT2D eigenvalue weighted by Gasteiger charge is -2.19. The van der Waals surface area contributed by atoms with Crippen LogP contribution in [0, 0.1) is 11.6 Å². The molecule has 3 rings (SSSR count). The predicted molar refractivity (Wildman–Crippen MR) is 110 cm³/mol. The highest BCUT2D eigenvalue weighted by Crippen LogP contribution is 2.29. The van der Waals surface area contributed by atoms with E-state index in [0.29, 0.717) is 23.9 Å². The van der Waals surface area contributed by atoms with E-state index in [4.69, 9.17) is 9.47 Å². The third-order valence-electron chi connectivity index (χ3n) is 4.87. The number of halogens is 5. The van der Waals surface area contributed by atoms with Crippen molar-refractivity contribution < 1.29 is 41.3 Å². The quantitative estimate of drug-likeness (QED) is 0.332. The van der Waals surface area contributed by atoms with E-state index < -0.39 is 71.4 Å². The number of aliphatic hydroxyl groups excluding tert-OH is 1. The average Bonchev–Trinajstić information content (AvgIpc) is 3.15. The first-order valence-electron chi connectivity index (χ1n) is 10.2. The summed E-state index contributed by atoms with van der Waals surface area (Å²) in [6.07, 6.45) is -7.51. The van der Waals surface area contributed by atoms with Crippen molar-refractivity contribution in [3.8, 4) is 17.7 Å². The van der Waals surface area contributed by atoms with Crippen LogP contribution in [0.25, 0.3) is 5.82 Å². The number of ketones is 1. The molecule has 3 aromatic heterocycles. The van der Waals surface area contributed by atoms with E-state index in [1.54, 1.807) is 6.92 Å². The molecule has 0 aromatic carbocycles. The van der Waals surface area contributed by atoms with Gasteiger partial charge in [0.05, 0.1) is 31.0 Å². The van der Waals surface area contributed by atoms with Gasteiger partial charge in [0.25, 0.3) is 0 Å². The van der Waals surface area contributed by atoms with Gasteiger partial charge in [-0.05, 0) is 19.9 Å². The van der Waals surface area contributed by atoms with Crippen LogP contribution >= 0.6 is 0 Å². The zero-order valence-corrected chi connectivity index (χ0v) is 19.0. The third kappa shape index (κ3) is 5.32. The first-order chi connectivity index (χ1) is 16.9. The van der Waals surface area contributed by atoms with Crippen LogP contribution < -0.4 is 15.2 Å². The number of hydrogen-bond acceptors (Lipinski definition) is 9. The number of hydrogen-bond donors (Lipinski definition) is 1. The van der Waals surface area contributed by atoms with Crippen LogP contribution in [-0.4, -0.2) is 59.6 Å². The fourth-order valence-corrected chi connectivity index (χ4v) is 3.00. The molecule has 0 amide bonds. The average molecular weight is 518 g/mol. The molecule has 0 spiro atoms. The van der Waals surface area contributed by atoms with Crippen molar-refractivity contribution in [1.82, 2.24) is 29.3 Å². The molecular formula is C20H19F5N6O5.